The first kappa shape index (κ1) is 20.9. The third-order valence-corrected chi connectivity index (χ3v) is 5.41. The van der Waals surface area contributed by atoms with Crippen LogP contribution in [0.2, 0.25) is 0 Å². The minimum absolute atomic E-state index is 0.0725. The van der Waals surface area contributed by atoms with Crippen LogP contribution in [0.25, 0.3) is 0 Å². The van der Waals surface area contributed by atoms with Crippen molar-refractivity contribution in [3.63, 3.8) is 0 Å². The molecule has 138 valence electrons. The first-order valence-electron chi connectivity index (χ1n) is 9.06. The van der Waals surface area contributed by atoms with Crippen molar-refractivity contribution < 1.29 is 14.3 Å². The number of carbonyl (C=O) groups excluding carboxylic acids is 2. The Morgan fingerprint density at radius 1 is 1.08 bits per heavy atom. The third kappa shape index (κ3) is 5.19. The summed E-state index contributed by atoms with van der Waals surface area (Å²) in [5.41, 5.74) is 0.124. The van der Waals surface area contributed by atoms with Crippen LogP contribution in [0.15, 0.2) is 12.2 Å². The molecule has 0 saturated heterocycles. The van der Waals surface area contributed by atoms with Gasteiger partial charge in [-0.3, -0.25) is 4.79 Å². The zero-order valence-electron chi connectivity index (χ0n) is 16.9. The molecular formula is C21H36O3. The summed E-state index contributed by atoms with van der Waals surface area (Å²) in [7, 11) is 0. The molecule has 0 aliphatic heterocycles. The van der Waals surface area contributed by atoms with E-state index in [0.717, 1.165) is 19.3 Å². The molecule has 0 N–H and O–H groups in total. The molecule has 0 spiro atoms. The van der Waals surface area contributed by atoms with Crippen molar-refractivity contribution in [1.82, 2.24) is 0 Å². The van der Waals surface area contributed by atoms with Gasteiger partial charge in [0.25, 0.3) is 0 Å². The molecule has 1 aliphatic carbocycles. The second-order valence-corrected chi connectivity index (χ2v) is 9.99. The predicted molar refractivity (Wildman–Crippen MR) is 98.6 cm³/mol. The lowest BCUT2D eigenvalue weighted by Crippen LogP contribution is -2.44. The number of hydrogen-bond acceptors (Lipinski definition) is 3. The highest BCUT2D eigenvalue weighted by atomic mass is 16.5. The molecular weight excluding hydrogens is 300 g/mol. The Balaban J connectivity index is 2.68. The van der Waals surface area contributed by atoms with E-state index in [4.69, 9.17) is 4.74 Å². The van der Waals surface area contributed by atoms with Crippen LogP contribution in [0.3, 0.4) is 0 Å². The molecule has 0 aromatic rings. The largest absolute Gasteiger partial charge is 0.462 e. The summed E-state index contributed by atoms with van der Waals surface area (Å²) in [5.74, 6) is 0.532. The van der Waals surface area contributed by atoms with Crippen molar-refractivity contribution in [3.8, 4) is 0 Å². The Hall–Kier alpha value is -1.12. The molecule has 1 unspecified atom stereocenters. The molecule has 3 heteroatoms. The molecule has 0 bridgehead atoms. The molecule has 1 aliphatic rings. The Kier molecular flexibility index (Phi) is 6.11. The molecule has 0 radical (unpaired) electrons. The van der Waals surface area contributed by atoms with E-state index >= 15 is 0 Å². The molecule has 3 atom stereocenters. The van der Waals surface area contributed by atoms with E-state index in [-0.39, 0.29) is 28.1 Å². The fourth-order valence-electron chi connectivity index (χ4n) is 3.51. The van der Waals surface area contributed by atoms with Crippen LogP contribution in [-0.2, 0) is 14.3 Å². The van der Waals surface area contributed by atoms with Crippen molar-refractivity contribution >= 4 is 11.8 Å². The molecule has 1 saturated carbocycles. The predicted octanol–water partition coefficient (Wildman–Crippen LogP) is 5.19. The topological polar surface area (TPSA) is 43.4 Å². The van der Waals surface area contributed by atoms with E-state index in [1.54, 1.807) is 6.92 Å². The third-order valence-electron chi connectivity index (χ3n) is 5.41. The highest BCUT2D eigenvalue weighted by Gasteiger charge is 2.54. The fraction of sp³-hybridized carbons (Fsp3) is 0.810. The van der Waals surface area contributed by atoms with Gasteiger partial charge in [-0.25, -0.2) is 4.79 Å². The summed E-state index contributed by atoms with van der Waals surface area (Å²) in [4.78, 5) is 24.7. The minimum atomic E-state index is -0.342. The van der Waals surface area contributed by atoms with Crippen molar-refractivity contribution in [1.29, 1.82) is 0 Å². The SMILES string of the molecule is C=C(C)C(=O)OCC[C@H]1C[C@H]1C(=O)C(C)(CC(C)(C)C)C(C)(C)C. The second kappa shape index (κ2) is 7.01. The van der Waals surface area contributed by atoms with Crippen LogP contribution < -0.4 is 0 Å². The quantitative estimate of drug-likeness (QED) is 0.474. The summed E-state index contributed by atoms with van der Waals surface area (Å²) in [6.07, 6.45) is 2.58. The number of ether oxygens (including phenoxy) is 1. The summed E-state index contributed by atoms with van der Waals surface area (Å²) < 4.78 is 5.17. The van der Waals surface area contributed by atoms with Gasteiger partial charge in [-0.2, -0.15) is 0 Å². The van der Waals surface area contributed by atoms with Gasteiger partial charge in [-0.15, -0.1) is 0 Å². The van der Waals surface area contributed by atoms with Gasteiger partial charge in [0.05, 0.1) is 6.61 Å². The van der Waals surface area contributed by atoms with Crippen LogP contribution in [-0.4, -0.2) is 18.4 Å². The number of esters is 1. The van der Waals surface area contributed by atoms with Crippen molar-refractivity contribution in [2.75, 3.05) is 6.61 Å². The standard InChI is InChI=1S/C21H36O3/c1-14(2)18(23)24-11-10-15-12-16(15)17(22)21(9,20(6,7)8)13-19(3,4)5/h15-16H,1,10-13H2,2-9H3/t15-,16+,21?/m0/s1. The lowest BCUT2D eigenvalue weighted by Gasteiger charge is -2.45. The molecule has 3 nitrogen and oxygen atoms in total. The van der Waals surface area contributed by atoms with Gasteiger partial charge < -0.3 is 4.74 Å². The maximum absolute atomic E-state index is 13.2. The summed E-state index contributed by atoms with van der Waals surface area (Å²) in [6.45, 7) is 20.8. The first-order valence-corrected chi connectivity index (χ1v) is 9.06. The molecule has 0 amide bonds. The number of hydrogen-bond donors (Lipinski definition) is 0. The molecule has 0 aromatic heterocycles. The summed E-state index contributed by atoms with van der Waals surface area (Å²) in [6, 6.07) is 0. The van der Waals surface area contributed by atoms with E-state index < -0.39 is 0 Å². The van der Waals surface area contributed by atoms with Crippen molar-refractivity contribution in [2.24, 2.45) is 28.1 Å². The summed E-state index contributed by atoms with van der Waals surface area (Å²) >= 11 is 0. The average Bonchev–Trinajstić information content (AvgIpc) is 3.13. The smallest absolute Gasteiger partial charge is 0.333 e. The van der Waals surface area contributed by atoms with E-state index in [1.807, 2.05) is 0 Å². The second-order valence-electron chi connectivity index (χ2n) is 9.99. The van der Waals surface area contributed by atoms with Crippen molar-refractivity contribution in [3.05, 3.63) is 12.2 Å². The van der Waals surface area contributed by atoms with Gasteiger partial charge in [0.15, 0.2) is 0 Å². The number of carbonyl (C=O) groups is 2. The zero-order chi connectivity index (χ0) is 18.9. The van der Waals surface area contributed by atoms with E-state index in [1.165, 1.54) is 0 Å². The average molecular weight is 337 g/mol. The van der Waals surface area contributed by atoms with E-state index in [0.29, 0.717) is 23.9 Å². The maximum atomic E-state index is 13.2. The summed E-state index contributed by atoms with van der Waals surface area (Å²) in [5, 5.41) is 0. The molecule has 0 heterocycles. The van der Waals surface area contributed by atoms with Crippen LogP contribution in [0.1, 0.15) is 74.7 Å². The van der Waals surface area contributed by atoms with Crippen LogP contribution >= 0.6 is 0 Å². The Labute approximate surface area is 148 Å². The van der Waals surface area contributed by atoms with Gasteiger partial charge in [-0.1, -0.05) is 55.0 Å². The number of rotatable bonds is 7. The van der Waals surface area contributed by atoms with Crippen LogP contribution in [0.5, 0.6) is 0 Å². The molecule has 0 aromatic carbocycles. The van der Waals surface area contributed by atoms with Crippen LogP contribution in [0.4, 0.5) is 0 Å². The molecule has 24 heavy (non-hydrogen) atoms. The number of ketones is 1. The zero-order valence-corrected chi connectivity index (χ0v) is 16.9. The Morgan fingerprint density at radius 3 is 2.04 bits per heavy atom. The minimum Gasteiger partial charge on any atom is -0.462 e. The highest BCUT2D eigenvalue weighted by Crippen LogP contribution is 2.54. The normalized spacial score (nSPS) is 23.3. The number of Topliss-reactive ketones (excluding diaryl/α,β-unsaturated/α-hetero) is 1. The fourth-order valence-corrected chi connectivity index (χ4v) is 3.51. The first-order chi connectivity index (χ1) is 10.7. The van der Waals surface area contributed by atoms with Gasteiger partial charge in [0, 0.05) is 16.9 Å². The Bertz CT molecular complexity index is 504. The van der Waals surface area contributed by atoms with Gasteiger partial charge in [0.2, 0.25) is 0 Å². The van der Waals surface area contributed by atoms with Crippen molar-refractivity contribution in [2.45, 2.75) is 74.7 Å². The van der Waals surface area contributed by atoms with E-state index in [2.05, 4.69) is 55.0 Å². The van der Waals surface area contributed by atoms with Gasteiger partial charge >= 0.3 is 5.97 Å². The van der Waals surface area contributed by atoms with E-state index in [9.17, 15) is 9.59 Å². The van der Waals surface area contributed by atoms with Gasteiger partial charge in [0.1, 0.15) is 5.78 Å². The molecule has 1 rings (SSSR count). The maximum Gasteiger partial charge on any atom is 0.333 e. The van der Waals surface area contributed by atoms with Gasteiger partial charge in [-0.05, 0) is 42.9 Å². The van der Waals surface area contributed by atoms with Crippen LogP contribution in [0, 0.1) is 28.1 Å². The monoisotopic (exact) mass is 336 g/mol. The lowest BCUT2D eigenvalue weighted by molar-refractivity contribution is -0.139. The lowest BCUT2D eigenvalue weighted by atomic mass is 9.58. The molecule has 1 fully saturated rings. The highest BCUT2D eigenvalue weighted by molar-refractivity contribution is 5.90. The Morgan fingerprint density at radius 2 is 1.62 bits per heavy atom.